The standard InChI is InChI=1S/C17H25NO2/c1-18(14-5-4-6-15(18)8-7-14)12-13-11-16(19-2)9-10-17(13)20-3/h4,9-11,14-15H,5-8,12H2,1-3H3/q+1/t14-,15+,18?. The van der Waals surface area contributed by atoms with E-state index in [-0.39, 0.29) is 0 Å². The minimum absolute atomic E-state index is 0.782. The third-order valence-corrected chi connectivity index (χ3v) is 5.38. The first-order valence-corrected chi connectivity index (χ1v) is 7.55. The van der Waals surface area contributed by atoms with Gasteiger partial charge >= 0.3 is 0 Å². The second kappa shape index (κ2) is 5.28. The summed E-state index contributed by atoms with van der Waals surface area (Å²) in [5, 5.41) is 0. The van der Waals surface area contributed by atoms with Gasteiger partial charge in [0.15, 0.2) is 0 Å². The van der Waals surface area contributed by atoms with E-state index in [0.29, 0.717) is 0 Å². The highest BCUT2D eigenvalue weighted by Gasteiger charge is 2.48. The Hall–Kier alpha value is -1.22. The van der Waals surface area contributed by atoms with Gasteiger partial charge in [-0.25, -0.2) is 0 Å². The zero-order chi connectivity index (χ0) is 14.2. The summed E-state index contributed by atoms with van der Waals surface area (Å²) in [6, 6.07) is 7.70. The minimum Gasteiger partial charge on any atom is -0.497 e. The lowest BCUT2D eigenvalue weighted by Gasteiger charge is -2.45. The van der Waals surface area contributed by atoms with E-state index in [1.807, 2.05) is 12.1 Å². The number of fused-ring (bicyclic) bond motifs is 2. The normalized spacial score (nSPS) is 32.1. The molecule has 1 radical (unpaired) electrons. The highest BCUT2D eigenvalue weighted by Crippen LogP contribution is 2.43. The van der Waals surface area contributed by atoms with Crippen LogP contribution in [0.1, 0.15) is 31.2 Å². The monoisotopic (exact) mass is 275 g/mol. The molecular weight excluding hydrogens is 250 g/mol. The van der Waals surface area contributed by atoms with Gasteiger partial charge in [-0.15, -0.1) is 0 Å². The lowest BCUT2D eigenvalue weighted by Crippen LogP contribution is -2.55. The van der Waals surface area contributed by atoms with Gasteiger partial charge in [0.2, 0.25) is 0 Å². The molecule has 0 N–H and O–H groups in total. The van der Waals surface area contributed by atoms with E-state index in [1.165, 1.54) is 35.7 Å². The number of rotatable bonds is 4. The largest absolute Gasteiger partial charge is 0.497 e. The molecule has 1 unspecified atom stereocenters. The highest BCUT2D eigenvalue weighted by atomic mass is 16.5. The van der Waals surface area contributed by atoms with Crippen LogP contribution in [0.4, 0.5) is 0 Å². The van der Waals surface area contributed by atoms with Crippen LogP contribution in [0.15, 0.2) is 18.2 Å². The van der Waals surface area contributed by atoms with Crippen molar-refractivity contribution in [3.05, 3.63) is 30.2 Å². The molecule has 0 aliphatic carbocycles. The van der Waals surface area contributed by atoms with E-state index in [0.717, 1.165) is 30.1 Å². The molecule has 2 heterocycles. The zero-order valence-corrected chi connectivity index (χ0v) is 12.8. The first kappa shape index (κ1) is 13.7. The molecule has 3 nitrogen and oxygen atoms in total. The fraction of sp³-hybridized carbons (Fsp3) is 0.588. The van der Waals surface area contributed by atoms with Crippen molar-refractivity contribution >= 4 is 0 Å². The molecule has 2 fully saturated rings. The molecule has 2 aliphatic rings. The molecule has 3 atom stereocenters. The van der Waals surface area contributed by atoms with Gasteiger partial charge in [0.1, 0.15) is 18.0 Å². The predicted molar refractivity (Wildman–Crippen MR) is 79.8 cm³/mol. The summed E-state index contributed by atoms with van der Waals surface area (Å²) in [7, 11) is 5.90. The number of hydrogen-bond acceptors (Lipinski definition) is 2. The first-order valence-electron chi connectivity index (χ1n) is 7.55. The van der Waals surface area contributed by atoms with Crippen molar-refractivity contribution in [3.8, 4) is 11.5 Å². The summed E-state index contributed by atoms with van der Waals surface area (Å²) < 4.78 is 12.1. The van der Waals surface area contributed by atoms with Crippen molar-refractivity contribution < 1.29 is 14.0 Å². The molecule has 109 valence electrons. The average molecular weight is 275 g/mol. The van der Waals surface area contributed by atoms with Gasteiger partial charge < -0.3 is 14.0 Å². The SMILES string of the molecule is COc1ccc(OC)c(C[N+]2(C)[C@@H]3C[CH]C[C@H]2CC3)c1. The van der Waals surface area contributed by atoms with Crippen LogP contribution < -0.4 is 9.47 Å². The number of benzene rings is 1. The molecule has 0 saturated carbocycles. The van der Waals surface area contributed by atoms with Crippen molar-refractivity contribution in [3.63, 3.8) is 0 Å². The van der Waals surface area contributed by atoms with Crippen LogP contribution in [-0.4, -0.2) is 37.8 Å². The van der Waals surface area contributed by atoms with E-state index in [9.17, 15) is 0 Å². The molecule has 2 aliphatic heterocycles. The van der Waals surface area contributed by atoms with E-state index >= 15 is 0 Å². The lowest BCUT2D eigenvalue weighted by atomic mass is 9.98. The Morgan fingerprint density at radius 3 is 2.40 bits per heavy atom. The van der Waals surface area contributed by atoms with Crippen molar-refractivity contribution in [2.75, 3.05) is 21.3 Å². The maximum atomic E-state index is 5.55. The third-order valence-electron chi connectivity index (χ3n) is 5.38. The molecule has 3 rings (SSSR count). The minimum atomic E-state index is 0.782. The molecule has 20 heavy (non-hydrogen) atoms. The van der Waals surface area contributed by atoms with Crippen LogP contribution in [0.5, 0.6) is 11.5 Å². The Morgan fingerprint density at radius 2 is 1.80 bits per heavy atom. The smallest absolute Gasteiger partial charge is 0.127 e. The Morgan fingerprint density at radius 1 is 1.10 bits per heavy atom. The Balaban J connectivity index is 1.90. The van der Waals surface area contributed by atoms with E-state index in [2.05, 4.69) is 19.5 Å². The van der Waals surface area contributed by atoms with Gasteiger partial charge in [-0.05, 0) is 24.6 Å². The lowest BCUT2D eigenvalue weighted by molar-refractivity contribution is -0.959. The van der Waals surface area contributed by atoms with Crippen LogP contribution in [0.3, 0.4) is 0 Å². The molecule has 3 heteroatoms. The highest BCUT2D eigenvalue weighted by molar-refractivity contribution is 5.40. The van der Waals surface area contributed by atoms with Gasteiger partial charge in [0, 0.05) is 25.7 Å². The number of ether oxygens (including phenoxy) is 2. The van der Waals surface area contributed by atoms with Crippen molar-refractivity contribution in [2.45, 2.75) is 44.3 Å². The number of quaternary nitrogens is 1. The van der Waals surface area contributed by atoms with Gasteiger partial charge in [-0.1, -0.05) is 0 Å². The first-order chi connectivity index (χ1) is 9.67. The van der Waals surface area contributed by atoms with Gasteiger partial charge in [0.25, 0.3) is 0 Å². The second-order valence-corrected chi connectivity index (χ2v) is 6.33. The quantitative estimate of drug-likeness (QED) is 0.786. The molecule has 0 spiro atoms. The Bertz CT molecular complexity index is 470. The number of methoxy groups -OCH3 is 2. The summed E-state index contributed by atoms with van der Waals surface area (Å²) in [6.45, 7) is 1.05. The van der Waals surface area contributed by atoms with Crippen molar-refractivity contribution in [2.24, 2.45) is 0 Å². The van der Waals surface area contributed by atoms with Crippen LogP contribution in [0, 0.1) is 6.42 Å². The van der Waals surface area contributed by atoms with Gasteiger partial charge in [0.05, 0.1) is 38.9 Å². The maximum Gasteiger partial charge on any atom is 0.127 e. The summed E-state index contributed by atoms with van der Waals surface area (Å²) in [4.78, 5) is 0. The van der Waals surface area contributed by atoms with Crippen LogP contribution in [-0.2, 0) is 6.54 Å². The van der Waals surface area contributed by atoms with Crippen molar-refractivity contribution in [1.82, 2.24) is 0 Å². The van der Waals surface area contributed by atoms with E-state index < -0.39 is 0 Å². The number of piperidine rings is 1. The average Bonchev–Trinajstić information content (AvgIpc) is 2.67. The molecule has 1 aromatic rings. The zero-order valence-electron chi connectivity index (χ0n) is 12.8. The fourth-order valence-corrected chi connectivity index (χ4v) is 4.10. The second-order valence-electron chi connectivity index (χ2n) is 6.33. The third kappa shape index (κ3) is 2.18. The Kier molecular flexibility index (Phi) is 3.63. The molecule has 0 aromatic heterocycles. The van der Waals surface area contributed by atoms with E-state index in [1.54, 1.807) is 14.2 Å². The van der Waals surface area contributed by atoms with Gasteiger partial charge in [-0.3, -0.25) is 0 Å². The molecule has 1 aromatic carbocycles. The summed E-state index contributed by atoms with van der Waals surface area (Å²) >= 11 is 0. The topological polar surface area (TPSA) is 18.5 Å². The van der Waals surface area contributed by atoms with Crippen LogP contribution >= 0.6 is 0 Å². The number of hydrogen-bond donors (Lipinski definition) is 0. The predicted octanol–water partition coefficient (Wildman–Crippen LogP) is 3.18. The number of nitrogens with zero attached hydrogens (tertiary/aromatic N) is 1. The summed E-state index contributed by atoms with van der Waals surface area (Å²) in [6.07, 6.45) is 7.75. The van der Waals surface area contributed by atoms with E-state index in [4.69, 9.17) is 9.47 Å². The molecular formula is C17H25NO2+. The fourth-order valence-electron chi connectivity index (χ4n) is 4.10. The Labute approximate surface area is 122 Å². The van der Waals surface area contributed by atoms with Crippen LogP contribution in [0.25, 0.3) is 0 Å². The molecule has 2 bridgehead atoms. The molecule has 0 amide bonds. The molecule has 2 saturated heterocycles. The maximum absolute atomic E-state index is 5.55. The van der Waals surface area contributed by atoms with Crippen LogP contribution in [0.2, 0.25) is 0 Å². The summed E-state index contributed by atoms with van der Waals surface area (Å²) in [5.74, 6) is 1.91. The van der Waals surface area contributed by atoms with Crippen molar-refractivity contribution in [1.29, 1.82) is 0 Å². The summed E-state index contributed by atoms with van der Waals surface area (Å²) in [5.41, 5.74) is 1.27. The van der Waals surface area contributed by atoms with Gasteiger partial charge in [-0.2, -0.15) is 0 Å².